The molecule has 6 unspecified atom stereocenters. The molecule has 4 heteroatoms. The Bertz CT molecular complexity index is 1100. The van der Waals surface area contributed by atoms with Gasteiger partial charge in [0.2, 0.25) is 5.91 Å². The number of carbonyl (C=O) groups excluding carboxylic acids is 2. The molecule has 1 aliphatic heterocycles. The van der Waals surface area contributed by atoms with Crippen LogP contribution in [-0.4, -0.2) is 18.2 Å². The number of piperidine rings is 1. The molecule has 0 bridgehead atoms. The van der Waals surface area contributed by atoms with Crippen LogP contribution < -0.4 is 10.6 Å². The molecule has 4 nitrogen and oxygen atoms in total. The van der Waals surface area contributed by atoms with Gasteiger partial charge in [-0.05, 0) is 83.8 Å². The fourth-order valence-electron chi connectivity index (χ4n) is 8.10. The summed E-state index contributed by atoms with van der Waals surface area (Å²) >= 11 is 0. The molecule has 0 spiro atoms. The highest BCUT2D eigenvalue weighted by Gasteiger charge is 2.58. The minimum atomic E-state index is 0.0366. The largest absolute Gasteiger partial charge is 0.387 e. The predicted molar refractivity (Wildman–Crippen MR) is 162 cm³/mol. The SMILES string of the molecule is CC(C)(C)C.CC(C)(C)c1cccc(NC(=O)C2CCC3C4CNC5=CC(=O)CCC5(C)C4CCCC23C)c1. The van der Waals surface area contributed by atoms with E-state index in [1.165, 1.54) is 24.1 Å². The van der Waals surface area contributed by atoms with Crippen molar-refractivity contribution in [3.63, 3.8) is 0 Å². The zero-order valence-electron chi connectivity index (χ0n) is 26.2. The van der Waals surface area contributed by atoms with Crippen molar-refractivity contribution in [3.05, 3.63) is 41.6 Å². The molecule has 1 aromatic rings. The van der Waals surface area contributed by atoms with Crippen molar-refractivity contribution >= 4 is 17.4 Å². The molecule has 1 amide bonds. The van der Waals surface area contributed by atoms with Crippen LogP contribution >= 0.6 is 0 Å². The number of ketones is 1. The summed E-state index contributed by atoms with van der Waals surface area (Å²) in [5.41, 5.74) is 4.02. The Morgan fingerprint density at radius 3 is 2.33 bits per heavy atom. The molecule has 1 heterocycles. The Labute approximate surface area is 238 Å². The first kappa shape index (κ1) is 29.9. The number of hydrogen-bond donors (Lipinski definition) is 2. The fraction of sp³-hybridized carbons (Fsp3) is 0.714. The number of allylic oxidation sites excluding steroid dienone is 2. The van der Waals surface area contributed by atoms with Crippen LogP contribution in [0.2, 0.25) is 0 Å². The lowest BCUT2D eigenvalue weighted by molar-refractivity contribution is -0.124. The summed E-state index contributed by atoms with van der Waals surface area (Å²) in [4.78, 5) is 25.8. The van der Waals surface area contributed by atoms with E-state index in [9.17, 15) is 9.59 Å². The molecular weight excluding hydrogens is 480 g/mol. The average Bonchev–Trinajstić information content (AvgIpc) is 3.07. The molecular formula is C35H54N2O2. The van der Waals surface area contributed by atoms with E-state index in [2.05, 4.69) is 91.1 Å². The normalized spacial score (nSPS) is 34.2. The van der Waals surface area contributed by atoms with E-state index in [0.29, 0.717) is 29.6 Å². The van der Waals surface area contributed by atoms with Gasteiger partial charge in [-0.25, -0.2) is 0 Å². The Balaban J connectivity index is 0.000000648. The molecule has 1 saturated heterocycles. The first-order valence-electron chi connectivity index (χ1n) is 15.4. The summed E-state index contributed by atoms with van der Waals surface area (Å²) in [6, 6.07) is 8.36. The third-order valence-corrected chi connectivity index (χ3v) is 10.1. The molecule has 5 rings (SSSR count). The minimum absolute atomic E-state index is 0.0366. The van der Waals surface area contributed by atoms with Crippen molar-refractivity contribution < 1.29 is 9.59 Å². The van der Waals surface area contributed by atoms with Crippen LogP contribution in [0.1, 0.15) is 113 Å². The van der Waals surface area contributed by atoms with Crippen LogP contribution in [0.4, 0.5) is 5.69 Å². The van der Waals surface area contributed by atoms with Crippen LogP contribution in [-0.2, 0) is 15.0 Å². The zero-order chi connectivity index (χ0) is 28.8. The lowest BCUT2D eigenvalue weighted by Crippen LogP contribution is -2.53. The van der Waals surface area contributed by atoms with Crippen LogP contribution in [0, 0.1) is 39.9 Å². The molecule has 39 heavy (non-hydrogen) atoms. The topological polar surface area (TPSA) is 58.2 Å². The average molecular weight is 535 g/mol. The molecule has 0 radical (unpaired) electrons. The number of benzene rings is 1. The van der Waals surface area contributed by atoms with Crippen LogP contribution in [0.15, 0.2) is 36.0 Å². The summed E-state index contributed by atoms with van der Waals surface area (Å²) in [5, 5.41) is 7.00. The highest BCUT2D eigenvalue weighted by molar-refractivity contribution is 5.93. The van der Waals surface area contributed by atoms with Gasteiger partial charge in [0.25, 0.3) is 0 Å². The Kier molecular flexibility index (Phi) is 8.20. The highest BCUT2D eigenvalue weighted by Crippen LogP contribution is 2.62. The van der Waals surface area contributed by atoms with Crippen molar-refractivity contribution in [2.45, 2.75) is 113 Å². The fourth-order valence-corrected chi connectivity index (χ4v) is 8.10. The third-order valence-electron chi connectivity index (χ3n) is 10.1. The maximum Gasteiger partial charge on any atom is 0.228 e. The first-order valence-corrected chi connectivity index (χ1v) is 15.4. The number of anilines is 1. The lowest BCUT2D eigenvalue weighted by Gasteiger charge is -2.52. The van der Waals surface area contributed by atoms with Gasteiger partial charge in [0.1, 0.15) is 0 Å². The van der Waals surface area contributed by atoms with E-state index >= 15 is 0 Å². The maximum absolute atomic E-state index is 13.7. The summed E-state index contributed by atoms with van der Waals surface area (Å²) in [6.45, 7) is 21.1. The third kappa shape index (κ3) is 6.30. The van der Waals surface area contributed by atoms with Crippen molar-refractivity contribution in [2.24, 2.45) is 39.9 Å². The number of carbonyl (C=O) groups is 2. The van der Waals surface area contributed by atoms with Crippen LogP contribution in [0.5, 0.6) is 0 Å². The van der Waals surface area contributed by atoms with Gasteiger partial charge in [-0.15, -0.1) is 0 Å². The van der Waals surface area contributed by atoms with E-state index in [-0.39, 0.29) is 33.9 Å². The van der Waals surface area contributed by atoms with Gasteiger partial charge in [-0.1, -0.05) is 80.9 Å². The molecule has 1 aromatic carbocycles. The van der Waals surface area contributed by atoms with Gasteiger partial charge in [0.05, 0.1) is 0 Å². The first-order chi connectivity index (χ1) is 18.0. The number of hydrogen-bond acceptors (Lipinski definition) is 3. The van der Waals surface area contributed by atoms with Crippen molar-refractivity contribution in [1.29, 1.82) is 0 Å². The Morgan fingerprint density at radius 1 is 0.974 bits per heavy atom. The van der Waals surface area contributed by atoms with E-state index in [4.69, 9.17) is 0 Å². The van der Waals surface area contributed by atoms with E-state index in [1.54, 1.807) is 0 Å². The number of fused-ring (bicyclic) bond motifs is 5. The van der Waals surface area contributed by atoms with Crippen LogP contribution in [0.3, 0.4) is 0 Å². The monoisotopic (exact) mass is 534 g/mol. The molecule has 0 aromatic heterocycles. The Morgan fingerprint density at radius 2 is 1.67 bits per heavy atom. The lowest BCUT2D eigenvalue weighted by atomic mass is 9.56. The smallest absolute Gasteiger partial charge is 0.228 e. The second-order valence-corrected chi connectivity index (χ2v) is 16.0. The quantitative estimate of drug-likeness (QED) is 0.401. The summed E-state index contributed by atoms with van der Waals surface area (Å²) in [6.07, 6.45) is 9.14. The van der Waals surface area contributed by atoms with Gasteiger partial charge >= 0.3 is 0 Å². The Hall–Kier alpha value is -2.10. The summed E-state index contributed by atoms with van der Waals surface area (Å²) < 4.78 is 0. The minimum Gasteiger partial charge on any atom is -0.387 e. The molecule has 2 N–H and O–H groups in total. The molecule has 3 fully saturated rings. The molecule has 6 atom stereocenters. The number of rotatable bonds is 2. The molecule has 3 aliphatic carbocycles. The molecule has 4 aliphatic rings. The summed E-state index contributed by atoms with van der Waals surface area (Å²) in [7, 11) is 0. The van der Waals surface area contributed by atoms with Gasteiger partial charge in [-0.3, -0.25) is 9.59 Å². The standard InChI is InChI=1S/C30H42N2O2.C5H12/c1-28(2,3)19-8-6-9-20(16-19)32-27(34)25-12-11-24-22-18-31-26-17-21(33)13-15-30(26,5)23(22)10-7-14-29(24,25)4;1-5(2,3)4/h6,8-9,16-17,22-25,31H,7,10-15,18H2,1-5H3,(H,32,34);1-4H3. The van der Waals surface area contributed by atoms with Crippen molar-refractivity contribution in [3.8, 4) is 0 Å². The van der Waals surface area contributed by atoms with Gasteiger partial charge in [0, 0.05) is 41.8 Å². The summed E-state index contributed by atoms with van der Waals surface area (Å²) in [5.74, 6) is 2.26. The van der Waals surface area contributed by atoms with Crippen LogP contribution in [0.25, 0.3) is 0 Å². The number of nitrogens with one attached hydrogen (secondary N) is 2. The van der Waals surface area contributed by atoms with Gasteiger partial charge in [-0.2, -0.15) is 0 Å². The van der Waals surface area contributed by atoms with Gasteiger partial charge in [0.15, 0.2) is 5.78 Å². The molecule has 2 saturated carbocycles. The van der Waals surface area contributed by atoms with E-state index in [1.807, 2.05) is 12.1 Å². The molecule has 216 valence electrons. The van der Waals surface area contributed by atoms with E-state index < -0.39 is 0 Å². The zero-order valence-corrected chi connectivity index (χ0v) is 26.2. The second kappa shape index (κ2) is 10.7. The highest BCUT2D eigenvalue weighted by atomic mass is 16.2. The van der Waals surface area contributed by atoms with Crippen molar-refractivity contribution in [1.82, 2.24) is 5.32 Å². The van der Waals surface area contributed by atoms with Crippen molar-refractivity contribution in [2.75, 3.05) is 11.9 Å². The number of amides is 1. The maximum atomic E-state index is 13.7. The second-order valence-electron chi connectivity index (χ2n) is 16.0. The van der Waals surface area contributed by atoms with Gasteiger partial charge < -0.3 is 10.6 Å². The predicted octanol–water partition coefficient (Wildman–Crippen LogP) is 8.28. The van der Waals surface area contributed by atoms with E-state index in [0.717, 1.165) is 37.9 Å².